The maximum atomic E-state index is 5.63. The molecule has 1 aliphatic carbocycles. The molecule has 0 radical (unpaired) electrons. The molecular formula is C9H16N2O. The molecule has 12 heavy (non-hydrogen) atoms. The number of rotatable bonds is 0. The van der Waals surface area contributed by atoms with Crippen LogP contribution in [-0.2, 0) is 4.74 Å². The Hall–Kier alpha value is -0.730. The summed E-state index contributed by atoms with van der Waals surface area (Å²) in [6.45, 7) is 3.02. The summed E-state index contributed by atoms with van der Waals surface area (Å²) in [5, 5.41) is 0. The summed E-state index contributed by atoms with van der Waals surface area (Å²) in [5.74, 6) is 0.607. The van der Waals surface area contributed by atoms with E-state index in [0.717, 1.165) is 13.0 Å². The Labute approximate surface area is 73.0 Å². The molecule has 0 aromatic heterocycles. The van der Waals surface area contributed by atoms with Crippen LogP contribution in [0.1, 0.15) is 32.6 Å². The van der Waals surface area contributed by atoms with Gasteiger partial charge in [0.25, 0.3) is 6.02 Å². The minimum Gasteiger partial charge on any atom is -0.457 e. The zero-order chi connectivity index (χ0) is 8.60. The van der Waals surface area contributed by atoms with Gasteiger partial charge in [0.2, 0.25) is 0 Å². The predicted molar refractivity (Wildman–Crippen MR) is 47.9 cm³/mol. The second-order valence-electron chi connectivity index (χ2n) is 3.97. The van der Waals surface area contributed by atoms with E-state index in [9.17, 15) is 0 Å². The van der Waals surface area contributed by atoms with E-state index >= 15 is 0 Å². The monoisotopic (exact) mass is 168 g/mol. The molecule has 1 heterocycles. The van der Waals surface area contributed by atoms with Gasteiger partial charge in [0.05, 0.1) is 6.54 Å². The first-order valence-corrected chi connectivity index (χ1v) is 4.72. The van der Waals surface area contributed by atoms with Gasteiger partial charge in [0.1, 0.15) is 5.60 Å². The van der Waals surface area contributed by atoms with Crippen molar-refractivity contribution in [1.82, 2.24) is 0 Å². The molecule has 68 valence electrons. The standard InChI is InChI=1S/C9H16N2O/c1-7-4-2-3-5-9(7)6-11-8(10)12-9/h7H,2-6H2,1H3,(H2,10,11). The van der Waals surface area contributed by atoms with E-state index in [1.54, 1.807) is 0 Å². The Morgan fingerprint density at radius 1 is 1.58 bits per heavy atom. The molecule has 1 saturated carbocycles. The van der Waals surface area contributed by atoms with Crippen LogP contribution < -0.4 is 5.73 Å². The van der Waals surface area contributed by atoms with Gasteiger partial charge < -0.3 is 10.5 Å². The average Bonchev–Trinajstić information content (AvgIpc) is 2.41. The fraction of sp³-hybridized carbons (Fsp3) is 0.889. The summed E-state index contributed by atoms with van der Waals surface area (Å²) < 4.78 is 5.63. The summed E-state index contributed by atoms with van der Waals surface area (Å²) in [6, 6.07) is 0.392. The lowest BCUT2D eigenvalue weighted by Gasteiger charge is -2.37. The highest BCUT2D eigenvalue weighted by atomic mass is 16.5. The molecule has 3 heteroatoms. The lowest BCUT2D eigenvalue weighted by Crippen LogP contribution is -2.43. The van der Waals surface area contributed by atoms with Gasteiger partial charge in [-0.25, -0.2) is 4.99 Å². The van der Waals surface area contributed by atoms with Crippen LogP contribution in [0.25, 0.3) is 0 Å². The van der Waals surface area contributed by atoms with Crippen molar-refractivity contribution in [1.29, 1.82) is 0 Å². The molecule has 0 bridgehead atoms. The largest absolute Gasteiger partial charge is 0.457 e. The Morgan fingerprint density at radius 3 is 3.00 bits per heavy atom. The second kappa shape index (κ2) is 2.64. The summed E-state index contributed by atoms with van der Waals surface area (Å²) in [4.78, 5) is 4.14. The molecule has 2 aliphatic rings. The maximum Gasteiger partial charge on any atom is 0.282 e. The first-order valence-electron chi connectivity index (χ1n) is 4.72. The molecule has 2 N–H and O–H groups in total. The van der Waals surface area contributed by atoms with Crippen LogP contribution in [-0.4, -0.2) is 18.2 Å². The van der Waals surface area contributed by atoms with Gasteiger partial charge in [0, 0.05) is 0 Å². The van der Waals surface area contributed by atoms with E-state index in [2.05, 4.69) is 11.9 Å². The minimum atomic E-state index is -0.0255. The van der Waals surface area contributed by atoms with E-state index in [-0.39, 0.29) is 5.60 Å². The zero-order valence-electron chi connectivity index (χ0n) is 7.55. The van der Waals surface area contributed by atoms with Gasteiger partial charge in [-0.05, 0) is 25.2 Å². The molecule has 1 aliphatic heterocycles. The Kier molecular flexibility index (Phi) is 1.74. The molecule has 3 nitrogen and oxygen atoms in total. The minimum absolute atomic E-state index is 0.0255. The smallest absolute Gasteiger partial charge is 0.282 e. The van der Waals surface area contributed by atoms with Crippen LogP contribution in [0.4, 0.5) is 0 Å². The number of nitrogens with zero attached hydrogens (tertiary/aromatic N) is 1. The molecular weight excluding hydrogens is 152 g/mol. The van der Waals surface area contributed by atoms with Gasteiger partial charge in [-0.15, -0.1) is 0 Å². The van der Waals surface area contributed by atoms with E-state index in [1.165, 1.54) is 19.3 Å². The van der Waals surface area contributed by atoms with Crippen molar-refractivity contribution in [2.24, 2.45) is 16.6 Å². The lowest BCUT2D eigenvalue weighted by molar-refractivity contribution is -0.00292. The molecule has 1 fully saturated rings. The molecule has 0 saturated heterocycles. The first kappa shape index (κ1) is 7.90. The van der Waals surface area contributed by atoms with E-state index in [4.69, 9.17) is 10.5 Å². The molecule has 0 aromatic carbocycles. The van der Waals surface area contributed by atoms with Crippen molar-refractivity contribution in [3.63, 3.8) is 0 Å². The van der Waals surface area contributed by atoms with Crippen molar-refractivity contribution in [2.75, 3.05) is 6.54 Å². The highest BCUT2D eigenvalue weighted by molar-refractivity contribution is 5.73. The SMILES string of the molecule is CC1CCCCC12CN=C(N)O2. The van der Waals surface area contributed by atoms with Crippen LogP contribution >= 0.6 is 0 Å². The van der Waals surface area contributed by atoms with Crippen LogP contribution in [0.2, 0.25) is 0 Å². The predicted octanol–water partition coefficient (Wildman–Crippen LogP) is 1.28. The Balaban J connectivity index is 2.10. The Bertz CT molecular complexity index is 215. The molecule has 2 unspecified atom stereocenters. The number of hydrogen-bond acceptors (Lipinski definition) is 3. The highest BCUT2D eigenvalue weighted by Gasteiger charge is 2.43. The zero-order valence-corrected chi connectivity index (χ0v) is 7.55. The van der Waals surface area contributed by atoms with Crippen LogP contribution in [0.3, 0.4) is 0 Å². The van der Waals surface area contributed by atoms with Crippen LogP contribution in [0.5, 0.6) is 0 Å². The molecule has 1 spiro atoms. The van der Waals surface area contributed by atoms with Gasteiger partial charge in [-0.1, -0.05) is 13.3 Å². The highest BCUT2D eigenvalue weighted by Crippen LogP contribution is 2.38. The molecule has 2 atom stereocenters. The fourth-order valence-corrected chi connectivity index (χ4v) is 2.26. The van der Waals surface area contributed by atoms with E-state index < -0.39 is 0 Å². The topological polar surface area (TPSA) is 47.6 Å². The summed E-state index contributed by atoms with van der Waals surface area (Å²) in [6.07, 6.45) is 4.96. The number of hydrogen-bond donors (Lipinski definition) is 1. The van der Waals surface area contributed by atoms with Crippen molar-refractivity contribution in [2.45, 2.75) is 38.2 Å². The van der Waals surface area contributed by atoms with Crippen molar-refractivity contribution in [3.8, 4) is 0 Å². The van der Waals surface area contributed by atoms with Gasteiger partial charge >= 0.3 is 0 Å². The fourth-order valence-electron chi connectivity index (χ4n) is 2.26. The maximum absolute atomic E-state index is 5.63. The number of ether oxygens (including phenoxy) is 1. The third kappa shape index (κ3) is 1.08. The number of amidine groups is 1. The van der Waals surface area contributed by atoms with E-state index in [0.29, 0.717) is 11.9 Å². The van der Waals surface area contributed by atoms with Crippen molar-refractivity contribution in [3.05, 3.63) is 0 Å². The molecule has 0 amide bonds. The average molecular weight is 168 g/mol. The van der Waals surface area contributed by atoms with Gasteiger partial charge in [-0.3, -0.25) is 0 Å². The van der Waals surface area contributed by atoms with Gasteiger partial charge in [-0.2, -0.15) is 0 Å². The third-order valence-electron chi connectivity index (χ3n) is 3.20. The van der Waals surface area contributed by atoms with Crippen molar-refractivity contribution >= 4 is 6.02 Å². The molecule has 2 rings (SSSR count). The Morgan fingerprint density at radius 2 is 2.42 bits per heavy atom. The second-order valence-corrected chi connectivity index (χ2v) is 3.97. The van der Waals surface area contributed by atoms with Crippen LogP contribution in [0.15, 0.2) is 4.99 Å². The number of nitrogens with two attached hydrogens (primary N) is 1. The van der Waals surface area contributed by atoms with Crippen molar-refractivity contribution < 1.29 is 4.74 Å². The quantitative estimate of drug-likeness (QED) is 0.592. The third-order valence-corrected chi connectivity index (χ3v) is 3.20. The van der Waals surface area contributed by atoms with Gasteiger partial charge in [0.15, 0.2) is 0 Å². The summed E-state index contributed by atoms with van der Waals surface area (Å²) in [7, 11) is 0. The normalized spacial score (nSPS) is 41.1. The lowest BCUT2D eigenvalue weighted by atomic mass is 9.76. The van der Waals surface area contributed by atoms with E-state index in [1.807, 2.05) is 0 Å². The molecule has 0 aromatic rings. The summed E-state index contributed by atoms with van der Waals surface area (Å²) >= 11 is 0. The number of aliphatic imine (C=N–C) groups is 1. The summed E-state index contributed by atoms with van der Waals surface area (Å²) in [5.41, 5.74) is 5.50. The first-order chi connectivity index (χ1) is 5.73. The van der Waals surface area contributed by atoms with Crippen LogP contribution in [0, 0.1) is 5.92 Å².